The summed E-state index contributed by atoms with van der Waals surface area (Å²) in [4.78, 5) is 0. The van der Waals surface area contributed by atoms with Gasteiger partial charge in [0.25, 0.3) is 0 Å². The van der Waals surface area contributed by atoms with Crippen molar-refractivity contribution in [2.75, 3.05) is 5.32 Å². The zero-order valence-electron chi connectivity index (χ0n) is 8.58. The first-order valence-electron chi connectivity index (χ1n) is 4.98. The lowest BCUT2D eigenvalue weighted by molar-refractivity contribution is 1.15. The van der Waals surface area contributed by atoms with Crippen LogP contribution >= 0.6 is 23.2 Å². The Kier molecular flexibility index (Phi) is 3.70. The van der Waals surface area contributed by atoms with Gasteiger partial charge < -0.3 is 5.32 Å². The zero-order valence-corrected chi connectivity index (χ0v) is 10.1. The van der Waals surface area contributed by atoms with E-state index in [4.69, 9.17) is 23.2 Å². The summed E-state index contributed by atoms with van der Waals surface area (Å²) in [5.74, 6) is 0. The Bertz CT molecular complexity index is 466. The third kappa shape index (κ3) is 3.16. The van der Waals surface area contributed by atoms with Crippen LogP contribution in [0.1, 0.15) is 5.56 Å². The van der Waals surface area contributed by atoms with Crippen molar-refractivity contribution in [1.82, 2.24) is 0 Å². The highest BCUT2D eigenvalue weighted by Crippen LogP contribution is 2.15. The van der Waals surface area contributed by atoms with Crippen molar-refractivity contribution in [1.29, 1.82) is 0 Å². The van der Waals surface area contributed by atoms with Gasteiger partial charge in [0.15, 0.2) is 0 Å². The molecular formula is C13H11Cl2N. The summed E-state index contributed by atoms with van der Waals surface area (Å²) in [6.45, 7) is 0.752. The molecule has 0 atom stereocenters. The molecule has 0 unspecified atom stereocenters. The summed E-state index contributed by atoms with van der Waals surface area (Å²) >= 11 is 11.7. The molecule has 0 amide bonds. The predicted molar refractivity (Wildman–Crippen MR) is 70.2 cm³/mol. The van der Waals surface area contributed by atoms with E-state index in [1.807, 2.05) is 48.5 Å². The molecule has 0 heterocycles. The van der Waals surface area contributed by atoms with Gasteiger partial charge in [0.1, 0.15) is 0 Å². The van der Waals surface area contributed by atoms with Gasteiger partial charge in [0, 0.05) is 22.3 Å². The van der Waals surface area contributed by atoms with Gasteiger partial charge in [-0.05, 0) is 42.0 Å². The van der Waals surface area contributed by atoms with Gasteiger partial charge in [0.2, 0.25) is 0 Å². The maximum Gasteiger partial charge on any atom is 0.0409 e. The number of halogens is 2. The second-order valence-corrected chi connectivity index (χ2v) is 4.36. The lowest BCUT2D eigenvalue weighted by atomic mass is 10.2. The van der Waals surface area contributed by atoms with Crippen molar-refractivity contribution >= 4 is 28.9 Å². The summed E-state index contributed by atoms with van der Waals surface area (Å²) in [6, 6.07) is 15.4. The minimum Gasteiger partial charge on any atom is -0.381 e. The van der Waals surface area contributed by atoms with Gasteiger partial charge in [0.05, 0.1) is 0 Å². The van der Waals surface area contributed by atoms with E-state index in [9.17, 15) is 0 Å². The molecule has 0 saturated carbocycles. The first-order chi connectivity index (χ1) is 7.74. The van der Waals surface area contributed by atoms with Crippen molar-refractivity contribution in [3.05, 3.63) is 64.1 Å². The molecule has 2 aromatic rings. The van der Waals surface area contributed by atoms with E-state index in [0.717, 1.165) is 27.8 Å². The fourth-order valence-electron chi connectivity index (χ4n) is 1.42. The molecule has 0 radical (unpaired) electrons. The van der Waals surface area contributed by atoms with Crippen molar-refractivity contribution in [3.8, 4) is 0 Å². The Morgan fingerprint density at radius 3 is 2.31 bits per heavy atom. The van der Waals surface area contributed by atoms with Crippen molar-refractivity contribution in [3.63, 3.8) is 0 Å². The lowest BCUT2D eigenvalue weighted by Gasteiger charge is -2.06. The second kappa shape index (κ2) is 5.24. The van der Waals surface area contributed by atoms with Crippen LogP contribution in [0.3, 0.4) is 0 Å². The highest BCUT2D eigenvalue weighted by Gasteiger charge is 1.95. The van der Waals surface area contributed by atoms with Gasteiger partial charge in [-0.15, -0.1) is 0 Å². The number of hydrogen-bond acceptors (Lipinski definition) is 1. The molecule has 0 spiro atoms. The number of benzene rings is 2. The Labute approximate surface area is 105 Å². The minimum atomic E-state index is 0.744. The molecule has 82 valence electrons. The summed E-state index contributed by atoms with van der Waals surface area (Å²) < 4.78 is 0. The smallest absolute Gasteiger partial charge is 0.0409 e. The Balaban J connectivity index is 1.99. The molecule has 0 aliphatic rings. The number of anilines is 1. The number of nitrogens with one attached hydrogen (secondary N) is 1. The minimum absolute atomic E-state index is 0.744. The predicted octanol–water partition coefficient (Wildman–Crippen LogP) is 4.61. The summed E-state index contributed by atoms with van der Waals surface area (Å²) in [7, 11) is 0. The fourth-order valence-corrected chi connectivity index (χ4v) is 1.76. The van der Waals surface area contributed by atoms with Crippen molar-refractivity contribution < 1.29 is 0 Å². The Hall–Kier alpha value is -1.18. The first kappa shape index (κ1) is 11.3. The van der Waals surface area contributed by atoms with E-state index in [2.05, 4.69) is 5.32 Å². The third-order valence-corrected chi connectivity index (χ3v) is 2.72. The summed E-state index contributed by atoms with van der Waals surface area (Å²) in [5.41, 5.74) is 2.20. The van der Waals surface area contributed by atoms with Crippen LogP contribution in [-0.2, 0) is 6.54 Å². The topological polar surface area (TPSA) is 12.0 Å². The second-order valence-electron chi connectivity index (χ2n) is 3.49. The molecule has 0 aromatic heterocycles. The van der Waals surface area contributed by atoms with Gasteiger partial charge in [-0.1, -0.05) is 35.3 Å². The average molecular weight is 252 g/mol. The number of hydrogen-bond donors (Lipinski definition) is 1. The van der Waals surface area contributed by atoms with Crippen LogP contribution in [0.4, 0.5) is 5.69 Å². The maximum absolute atomic E-state index is 5.90. The van der Waals surface area contributed by atoms with Crippen molar-refractivity contribution in [2.45, 2.75) is 6.54 Å². The van der Waals surface area contributed by atoms with E-state index in [1.54, 1.807) is 0 Å². The Morgan fingerprint density at radius 1 is 0.875 bits per heavy atom. The molecular weight excluding hydrogens is 241 g/mol. The highest BCUT2D eigenvalue weighted by molar-refractivity contribution is 6.30. The molecule has 0 bridgehead atoms. The van der Waals surface area contributed by atoms with Crippen LogP contribution < -0.4 is 5.32 Å². The first-order valence-corrected chi connectivity index (χ1v) is 5.73. The van der Waals surface area contributed by atoms with E-state index >= 15 is 0 Å². The zero-order chi connectivity index (χ0) is 11.4. The monoisotopic (exact) mass is 251 g/mol. The van der Waals surface area contributed by atoms with E-state index in [0.29, 0.717) is 0 Å². The average Bonchev–Trinajstić information content (AvgIpc) is 2.28. The third-order valence-electron chi connectivity index (χ3n) is 2.23. The molecule has 16 heavy (non-hydrogen) atoms. The van der Waals surface area contributed by atoms with Crippen LogP contribution in [0.15, 0.2) is 48.5 Å². The van der Waals surface area contributed by atoms with E-state index in [1.165, 1.54) is 0 Å². The largest absolute Gasteiger partial charge is 0.381 e. The van der Waals surface area contributed by atoms with Crippen LogP contribution in [0, 0.1) is 0 Å². The normalized spacial score (nSPS) is 10.1. The molecule has 1 N–H and O–H groups in total. The molecule has 0 fully saturated rings. The van der Waals surface area contributed by atoms with Gasteiger partial charge in [-0.2, -0.15) is 0 Å². The van der Waals surface area contributed by atoms with Crippen molar-refractivity contribution in [2.24, 2.45) is 0 Å². The molecule has 0 aliphatic heterocycles. The SMILES string of the molecule is Clc1ccc(NCc2cccc(Cl)c2)cc1. The molecule has 0 aliphatic carbocycles. The standard InChI is InChI=1S/C13H11Cl2N/c14-11-4-6-13(7-5-11)16-9-10-2-1-3-12(15)8-10/h1-8,16H,9H2. The van der Waals surface area contributed by atoms with E-state index in [-0.39, 0.29) is 0 Å². The Morgan fingerprint density at radius 2 is 1.62 bits per heavy atom. The summed E-state index contributed by atoms with van der Waals surface area (Å²) in [5, 5.41) is 4.80. The van der Waals surface area contributed by atoms with Gasteiger partial charge in [-0.3, -0.25) is 0 Å². The molecule has 3 heteroatoms. The van der Waals surface area contributed by atoms with Crippen LogP contribution in [-0.4, -0.2) is 0 Å². The van der Waals surface area contributed by atoms with Crippen LogP contribution in [0.25, 0.3) is 0 Å². The highest BCUT2D eigenvalue weighted by atomic mass is 35.5. The molecule has 0 saturated heterocycles. The number of rotatable bonds is 3. The van der Waals surface area contributed by atoms with Gasteiger partial charge in [-0.25, -0.2) is 0 Å². The molecule has 1 nitrogen and oxygen atoms in total. The fraction of sp³-hybridized carbons (Fsp3) is 0.0769. The van der Waals surface area contributed by atoms with Crippen LogP contribution in [0.2, 0.25) is 10.0 Å². The summed E-state index contributed by atoms with van der Waals surface area (Å²) in [6.07, 6.45) is 0. The van der Waals surface area contributed by atoms with E-state index < -0.39 is 0 Å². The van der Waals surface area contributed by atoms with Crippen LogP contribution in [0.5, 0.6) is 0 Å². The quantitative estimate of drug-likeness (QED) is 0.841. The maximum atomic E-state index is 5.90. The molecule has 2 aromatic carbocycles. The van der Waals surface area contributed by atoms with Gasteiger partial charge >= 0.3 is 0 Å². The lowest BCUT2D eigenvalue weighted by Crippen LogP contribution is -1.98. The molecule has 2 rings (SSSR count).